The monoisotopic (exact) mass is 392 g/mol. The number of hydrogen-bond donors (Lipinski definition) is 1. The predicted molar refractivity (Wildman–Crippen MR) is 102 cm³/mol. The van der Waals surface area contributed by atoms with Crippen molar-refractivity contribution >= 4 is 23.1 Å². The van der Waals surface area contributed by atoms with Crippen LogP contribution in [0, 0.1) is 11.3 Å². The standard InChI is InChI=1S/C21H16N2O4S/c22-11-14-18(19-15(24)3-1-4-16(19)27-20(14)23)12-6-8-13(9-7-12)26-21(25)17-5-2-10-28-17/h2,5-10,18H,1,3-4,23H2. The number of hydrogen-bond acceptors (Lipinski definition) is 7. The highest BCUT2D eigenvalue weighted by Gasteiger charge is 2.37. The summed E-state index contributed by atoms with van der Waals surface area (Å²) in [4.78, 5) is 25.1. The third-order valence-corrected chi connectivity index (χ3v) is 5.60. The maximum absolute atomic E-state index is 12.5. The Kier molecular flexibility index (Phi) is 4.72. The lowest BCUT2D eigenvalue weighted by molar-refractivity contribution is -0.116. The molecule has 2 heterocycles. The lowest BCUT2D eigenvalue weighted by atomic mass is 9.77. The number of benzene rings is 1. The van der Waals surface area contributed by atoms with Gasteiger partial charge < -0.3 is 15.2 Å². The zero-order valence-corrected chi connectivity index (χ0v) is 15.6. The topological polar surface area (TPSA) is 102 Å². The molecule has 2 aromatic rings. The molecule has 0 radical (unpaired) electrons. The number of nitrogens with zero attached hydrogens (tertiary/aromatic N) is 1. The van der Waals surface area contributed by atoms with E-state index in [0.29, 0.717) is 41.2 Å². The fourth-order valence-corrected chi connectivity index (χ4v) is 4.07. The molecule has 0 saturated carbocycles. The van der Waals surface area contributed by atoms with E-state index in [1.54, 1.807) is 41.8 Å². The van der Waals surface area contributed by atoms with Crippen LogP contribution in [0.1, 0.15) is 40.4 Å². The number of nitrogens with two attached hydrogens (primary N) is 1. The summed E-state index contributed by atoms with van der Waals surface area (Å²) < 4.78 is 10.9. The fraction of sp³-hybridized carbons (Fsp3) is 0.190. The first-order valence-corrected chi connectivity index (χ1v) is 9.66. The second kappa shape index (κ2) is 7.33. The van der Waals surface area contributed by atoms with Crippen LogP contribution in [0.25, 0.3) is 0 Å². The molecule has 1 aliphatic carbocycles. The zero-order chi connectivity index (χ0) is 19.7. The van der Waals surface area contributed by atoms with Gasteiger partial charge in [0.2, 0.25) is 5.88 Å². The number of ether oxygens (including phenoxy) is 2. The number of thiophene rings is 1. The molecule has 28 heavy (non-hydrogen) atoms. The van der Waals surface area contributed by atoms with Gasteiger partial charge in [-0.25, -0.2) is 4.79 Å². The van der Waals surface area contributed by atoms with Crippen LogP contribution in [0.2, 0.25) is 0 Å². The maximum Gasteiger partial charge on any atom is 0.353 e. The Bertz CT molecular complexity index is 1040. The molecule has 0 saturated heterocycles. The molecule has 2 N–H and O–H groups in total. The minimum atomic E-state index is -0.566. The fourth-order valence-electron chi connectivity index (χ4n) is 3.47. The van der Waals surface area contributed by atoms with E-state index in [2.05, 4.69) is 6.07 Å². The molecule has 0 amide bonds. The van der Waals surface area contributed by atoms with Crippen molar-refractivity contribution in [3.8, 4) is 11.8 Å². The van der Waals surface area contributed by atoms with Crippen LogP contribution in [0.5, 0.6) is 5.75 Å². The molecule has 1 unspecified atom stereocenters. The van der Waals surface area contributed by atoms with E-state index in [1.807, 2.05) is 0 Å². The minimum Gasteiger partial charge on any atom is -0.444 e. The van der Waals surface area contributed by atoms with Gasteiger partial charge in [-0.2, -0.15) is 5.26 Å². The molecule has 2 aliphatic rings. The summed E-state index contributed by atoms with van der Waals surface area (Å²) in [7, 11) is 0. The largest absolute Gasteiger partial charge is 0.444 e. The molecular weight excluding hydrogens is 376 g/mol. The van der Waals surface area contributed by atoms with Crippen molar-refractivity contribution in [1.29, 1.82) is 5.26 Å². The summed E-state index contributed by atoms with van der Waals surface area (Å²) in [6.07, 6.45) is 1.75. The summed E-state index contributed by atoms with van der Waals surface area (Å²) in [5, 5.41) is 11.4. The Balaban J connectivity index is 1.65. The van der Waals surface area contributed by atoms with Crippen molar-refractivity contribution in [3.05, 3.63) is 75.0 Å². The SMILES string of the molecule is N#CC1=C(N)OC2=C(C(=O)CCC2)C1c1ccc(OC(=O)c2cccs2)cc1. The van der Waals surface area contributed by atoms with Crippen LogP contribution in [0.4, 0.5) is 0 Å². The Hall–Kier alpha value is -3.37. The maximum atomic E-state index is 12.5. The smallest absolute Gasteiger partial charge is 0.353 e. The van der Waals surface area contributed by atoms with Crippen LogP contribution >= 0.6 is 11.3 Å². The molecule has 1 aliphatic heterocycles. The van der Waals surface area contributed by atoms with Crippen LogP contribution < -0.4 is 10.5 Å². The Morgan fingerprint density at radius 3 is 2.71 bits per heavy atom. The second-order valence-corrected chi connectivity index (χ2v) is 7.42. The third-order valence-electron chi connectivity index (χ3n) is 4.75. The van der Waals surface area contributed by atoms with Crippen LogP contribution in [0.15, 0.2) is 64.6 Å². The van der Waals surface area contributed by atoms with Crippen LogP contribution in [0.3, 0.4) is 0 Å². The highest BCUT2D eigenvalue weighted by molar-refractivity contribution is 7.12. The van der Waals surface area contributed by atoms with E-state index in [0.717, 1.165) is 5.56 Å². The highest BCUT2D eigenvalue weighted by Crippen LogP contribution is 2.43. The van der Waals surface area contributed by atoms with Crippen molar-refractivity contribution in [3.63, 3.8) is 0 Å². The number of carbonyl (C=O) groups excluding carboxylic acids is 2. The number of Topliss-reactive ketones (excluding diaryl/α,β-unsaturated/α-hetero) is 1. The molecule has 1 aromatic carbocycles. The first-order valence-electron chi connectivity index (χ1n) is 8.78. The van der Waals surface area contributed by atoms with Gasteiger partial charge in [0.05, 0.1) is 5.92 Å². The average molecular weight is 392 g/mol. The highest BCUT2D eigenvalue weighted by atomic mass is 32.1. The zero-order valence-electron chi connectivity index (χ0n) is 14.8. The van der Waals surface area contributed by atoms with Crippen molar-refractivity contribution < 1.29 is 19.1 Å². The van der Waals surface area contributed by atoms with Gasteiger partial charge >= 0.3 is 5.97 Å². The Morgan fingerprint density at radius 1 is 1.25 bits per heavy atom. The average Bonchev–Trinajstić information content (AvgIpc) is 3.23. The molecule has 4 rings (SSSR count). The first kappa shape index (κ1) is 18.0. The van der Waals surface area contributed by atoms with Crippen molar-refractivity contribution in [1.82, 2.24) is 0 Å². The molecular formula is C21H16N2O4S. The van der Waals surface area contributed by atoms with Gasteiger partial charge in [0.25, 0.3) is 0 Å². The summed E-state index contributed by atoms with van der Waals surface area (Å²) in [6.45, 7) is 0. The lowest BCUT2D eigenvalue weighted by Crippen LogP contribution is -2.27. The third kappa shape index (κ3) is 3.19. The van der Waals surface area contributed by atoms with Gasteiger partial charge in [-0.1, -0.05) is 18.2 Å². The van der Waals surface area contributed by atoms with Crippen LogP contribution in [-0.4, -0.2) is 11.8 Å². The molecule has 1 atom stereocenters. The van der Waals surface area contributed by atoms with E-state index in [1.165, 1.54) is 11.3 Å². The molecule has 0 spiro atoms. The van der Waals surface area contributed by atoms with Gasteiger partial charge in [-0.3, -0.25) is 4.79 Å². The summed E-state index contributed by atoms with van der Waals surface area (Å²) in [6, 6.07) is 12.3. The molecule has 7 heteroatoms. The van der Waals surface area contributed by atoms with Crippen molar-refractivity contribution in [2.24, 2.45) is 5.73 Å². The quantitative estimate of drug-likeness (QED) is 0.630. The predicted octanol–water partition coefficient (Wildman–Crippen LogP) is 3.78. The van der Waals surface area contributed by atoms with Crippen LogP contribution in [-0.2, 0) is 9.53 Å². The van der Waals surface area contributed by atoms with Gasteiger partial charge in [0.15, 0.2) is 5.78 Å². The number of ketones is 1. The molecule has 1 aromatic heterocycles. The van der Waals surface area contributed by atoms with Gasteiger partial charge in [-0.15, -0.1) is 11.3 Å². The van der Waals surface area contributed by atoms with Gasteiger partial charge in [0.1, 0.15) is 28.0 Å². The van der Waals surface area contributed by atoms with E-state index >= 15 is 0 Å². The molecule has 140 valence electrons. The summed E-state index contributed by atoms with van der Waals surface area (Å²) in [5.74, 6) is -0.0552. The van der Waals surface area contributed by atoms with Gasteiger partial charge in [0, 0.05) is 18.4 Å². The van der Waals surface area contributed by atoms with Crippen molar-refractivity contribution in [2.75, 3.05) is 0 Å². The lowest BCUT2D eigenvalue weighted by Gasteiger charge is -2.31. The minimum absolute atomic E-state index is 0.0281. The summed E-state index contributed by atoms with van der Waals surface area (Å²) in [5.41, 5.74) is 7.38. The number of rotatable bonds is 3. The van der Waals surface area contributed by atoms with E-state index in [-0.39, 0.29) is 17.2 Å². The van der Waals surface area contributed by atoms with E-state index in [9.17, 15) is 14.9 Å². The second-order valence-electron chi connectivity index (χ2n) is 6.47. The number of esters is 1. The summed E-state index contributed by atoms with van der Waals surface area (Å²) >= 11 is 1.30. The van der Waals surface area contributed by atoms with Crippen molar-refractivity contribution in [2.45, 2.75) is 25.2 Å². The normalized spacial score (nSPS) is 19.0. The molecule has 0 fully saturated rings. The van der Waals surface area contributed by atoms with E-state index in [4.69, 9.17) is 15.2 Å². The number of carbonyl (C=O) groups is 2. The van der Waals surface area contributed by atoms with E-state index < -0.39 is 11.9 Å². The Morgan fingerprint density at radius 2 is 2.04 bits per heavy atom. The number of nitriles is 1. The van der Waals surface area contributed by atoms with Gasteiger partial charge in [-0.05, 0) is 35.6 Å². The first-order chi connectivity index (χ1) is 13.6. The Labute approximate surface area is 165 Å². The molecule has 0 bridgehead atoms. The number of allylic oxidation sites excluding steroid dienone is 3. The molecule has 6 nitrogen and oxygen atoms in total.